The van der Waals surface area contributed by atoms with Crippen LogP contribution in [0.3, 0.4) is 0 Å². The number of rotatable bonds is 5. The van der Waals surface area contributed by atoms with Gasteiger partial charge in [0.05, 0.1) is 0 Å². The molecule has 1 heterocycles. The first-order chi connectivity index (χ1) is 8.85. The summed E-state index contributed by atoms with van der Waals surface area (Å²) in [6.45, 7) is 5.45. The molecule has 0 amide bonds. The van der Waals surface area contributed by atoms with Gasteiger partial charge in [0, 0.05) is 6.04 Å². The fourth-order valence-electron chi connectivity index (χ4n) is 2.92. The summed E-state index contributed by atoms with van der Waals surface area (Å²) in [5.41, 5.74) is 8.67. The van der Waals surface area contributed by atoms with Gasteiger partial charge in [-0.2, -0.15) is 0 Å². The zero-order valence-corrected chi connectivity index (χ0v) is 11.6. The topological polar surface area (TPSA) is 29.3 Å². The molecule has 18 heavy (non-hydrogen) atoms. The standard InChI is InChI=1S/C16H26N2/c1-2-14-6-8-15(9-7-14)16(10-11-17)18-12-4-3-5-13-18/h6-9,16H,2-5,10-13,17H2,1H3. The predicted octanol–water partition coefficient (Wildman–Crippen LogP) is 3.12. The van der Waals surface area contributed by atoms with Crippen molar-refractivity contribution in [3.63, 3.8) is 0 Å². The Labute approximate surface area is 111 Å². The quantitative estimate of drug-likeness (QED) is 0.865. The highest BCUT2D eigenvalue weighted by atomic mass is 15.2. The molecule has 0 bridgehead atoms. The van der Waals surface area contributed by atoms with Crippen LogP contribution >= 0.6 is 0 Å². The van der Waals surface area contributed by atoms with E-state index in [1.165, 1.54) is 43.5 Å². The van der Waals surface area contributed by atoms with Crippen LogP contribution in [0.2, 0.25) is 0 Å². The van der Waals surface area contributed by atoms with Crippen molar-refractivity contribution in [3.05, 3.63) is 35.4 Å². The fourth-order valence-corrected chi connectivity index (χ4v) is 2.92. The summed E-state index contributed by atoms with van der Waals surface area (Å²) in [6.07, 6.45) is 6.26. The molecular formula is C16H26N2. The summed E-state index contributed by atoms with van der Waals surface area (Å²) < 4.78 is 0. The molecule has 100 valence electrons. The molecule has 1 aromatic rings. The second kappa shape index (κ2) is 6.91. The third-order valence-electron chi connectivity index (χ3n) is 4.04. The minimum Gasteiger partial charge on any atom is -0.330 e. The van der Waals surface area contributed by atoms with Crippen molar-refractivity contribution >= 4 is 0 Å². The number of aryl methyl sites for hydroxylation is 1. The normalized spacial score (nSPS) is 18.8. The first-order valence-electron chi connectivity index (χ1n) is 7.38. The Bertz CT molecular complexity index is 339. The number of nitrogens with two attached hydrogens (primary N) is 1. The maximum absolute atomic E-state index is 5.80. The van der Waals surface area contributed by atoms with Crippen LogP contribution in [0.1, 0.15) is 49.8 Å². The lowest BCUT2D eigenvalue weighted by molar-refractivity contribution is 0.157. The molecule has 0 radical (unpaired) electrons. The van der Waals surface area contributed by atoms with E-state index in [0.717, 1.165) is 19.4 Å². The van der Waals surface area contributed by atoms with E-state index < -0.39 is 0 Å². The van der Waals surface area contributed by atoms with Gasteiger partial charge in [-0.1, -0.05) is 37.6 Å². The van der Waals surface area contributed by atoms with Gasteiger partial charge in [0.1, 0.15) is 0 Å². The minimum absolute atomic E-state index is 0.529. The number of benzene rings is 1. The van der Waals surface area contributed by atoms with Crippen molar-refractivity contribution in [1.82, 2.24) is 4.90 Å². The van der Waals surface area contributed by atoms with Crippen LogP contribution in [0.5, 0.6) is 0 Å². The van der Waals surface area contributed by atoms with E-state index in [0.29, 0.717) is 6.04 Å². The van der Waals surface area contributed by atoms with Crippen LogP contribution in [0.25, 0.3) is 0 Å². The van der Waals surface area contributed by atoms with E-state index in [1.54, 1.807) is 0 Å². The zero-order valence-electron chi connectivity index (χ0n) is 11.6. The van der Waals surface area contributed by atoms with Crippen molar-refractivity contribution in [3.8, 4) is 0 Å². The second-order valence-corrected chi connectivity index (χ2v) is 5.28. The Hall–Kier alpha value is -0.860. The lowest BCUT2D eigenvalue weighted by Crippen LogP contribution is -2.34. The van der Waals surface area contributed by atoms with Gasteiger partial charge in [0.25, 0.3) is 0 Å². The minimum atomic E-state index is 0.529. The summed E-state index contributed by atoms with van der Waals surface area (Å²) in [5, 5.41) is 0. The number of nitrogens with zero attached hydrogens (tertiary/aromatic N) is 1. The fraction of sp³-hybridized carbons (Fsp3) is 0.625. The average Bonchev–Trinajstić information content (AvgIpc) is 2.46. The molecule has 2 N–H and O–H groups in total. The number of piperidine rings is 1. The van der Waals surface area contributed by atoms with Gasteiger partial charge in [-0.05, 0) is 56.4 Å². The molecule has 0 aliphatic carbocycles. The molecule has 2 rings (SSSR count). The molecule has 2 heteroatoms. The van der Waals surface area contributed by atoms with Gasteiger partial charge in [-0.25, -0.2) is 0 Å². The van der Waals surface area contributed by atoms with Crippen LogP contribution < -0.4 is 5.73 Å². The van der Waals surface area contributed by atoms with Crippen LogP contribution in [0.4, 0.5) is 0 Å². The highest BCUT2D eigenvalue weighted by molar-refractivity contribution is 5.25. The monoisotopic (exact) mass is 246 g/mol. The third kappa shape index (κ3) is 3.33. The molecule has 2 nitrogen and oxygen atoms in total. The second-order valence-electron chi connectivity index (χ2n) is 5.28. The summed E-state index contributed by atoms with van der Waals surface area (Å²) in [5.74, 6) is 0. The van der Waals surface area contributed by atoms with E-state index in [4.69, 9.17) is 5.73 Å². The van der Waals surface area contributed by atoms with Gasteiger partial charge in [0.2, 0.25) is 0 Å². The Morgan fingerprint density at radius 2 is 1.78 bits per heavy atom. The van der Waals surface area contributed by atoms with Crippen molar-refractivity contribution < 1.29 is 0 Å². The van der Waals surface area contributed by atoms with E-state index in [9.17, 15) is 0 Å². The molecule has 1 aromatic carbocycles. The SMILES string of the molecule is CCc1ccc(C(CCN)N2CCCCC2)cc1. The molecule has 0 spiro atoms. The average molecular weight is 246 g/mol. The van der Waals surface area contributed by atoms with Gasteiger partial charge in [0.15, 0.2) is 0 Å². The maximum Gasteiger partial charge on any atom is 0.0360 e. The third-order valence-corrected chi connectivity index (χ3v) is 4.04. The van der Waals surface area contributed by atoms with E-state index in [1.807, 2.05) is 0 Å². The molecule has 0 saturated carbocycles. The molecule has 1 saturated heterocycles. The lowest BCUT2D eigenvalue weighted by Gasteiger charge is -2.35. The van der Waals surface area contributed by atoms with Crippen molar-refractivity contribution in [2.75, 3.05) is 19.6 Å². The van der Waals surface area contributed by atoms with Gasteiger partial charge in [-0.15, -0.1) is 0 Å². The predicted molar refractivity (Wildman–Crippen MR) is 77.7 cm³/mol. The molecule has 0 aromatic heterocycles. The molecule has 1 atom stereocenters. The van der Waals surface area contributed by atoms with Crippen LogP contribution in [0.15, 0.2) is 24.3 Å². The number of likely N-dealkylation sites (tertiary alicyclic amines) is 1. The molecule has 1 fully saturated rings. The largest absolute Gasteiger partial charge is 0.330 e. The van der Waals surface area contributed by atoms with E-state index in [2.05, 4.69) is 36.1 Å². The van der Waals surface area contributed by atoms with Gasteiger partial charge >= 0.3 is 0 Å². The summed E-state index contributed by atoms with van der Waals surface area (Å²) in [7, 11) is 0. The summed E-state index contributed by atoms with van der Waals surface area (Å²) in [6, 6.07) is 9.66. The maximum atomic E-state index is 5.80. The van der Waals surface area contributed by atoms with Gasteiger partial charge in [-0.3, -0.25) is 4.90 Å². The Morgan fingerprint density at radius 3 is 2.33 bits per heavy atom. The lowest BCUT2D eigenvalue weighted by atomic mass is 9.97. The van der Waals surface area contributed by atoms with Crippen LogP contribution in [0, 0.1) is 0 Å². The number of hydrogen-bond donors (Lipinski definition) is 1. The van der Waals surface area contributed by atoms with E-state index >= 15 is 0 Å². The number of hydrogen-bond acceptors (Lipinski definition) is 2. The van der Waals surface area contributed by atoms with Crippen LogP contribution in [-0.2, 0) is 6.42 Å². The Kier molecular flexibility index (Phi) is 5.21. The first kappa shape index (κ1) is 13.6. The molecular weight excluding hydrogens is 220 g/mol. The summed E-state index contributed by atoms with van der Waals surface area (Å²) in [4.78, 5) is 2.62. The Morgan fingerprint density at radius 1 is 1.11 bits per heavy atom. The highest BCUT2D eigenvalue weighted by Gasteiger charge is 2.21. The van der Waals surface area contributed by atoms with Crippen molar-refractivity contribution in [1.29, 1.82) is 0 Å². The first-order valence-corrected chi connectivity index (χ1v) is 7.38. The molecule has 1 aliphatic heterocycles. The summed E-state index contributed by atoms with van der Waals surface area (Å²) >= 11 is 0. The molecule has 1 unspecified atom stereocenters. The highest BCUT2D eigenvalue weighted by Crippen LogP contribution is 2.27. The van der Waals surface area contributed by atoms with Crippen molar-refractivity contribution in [2.24, 2.45) is 5.73 Å². The molecule has 1 aliphatic rings. The Balaban J connectivity index is 2.11. The smallest absolute Gasteiger partial charge is 0.0360 e. The van der Waals surface area contributed by atoms with Gasteiger partial charge < -0.3 is 5.73 Å². The van der Waals surface area contributed by atoms with Crippen molar-refractivity contribution in [2.45, 2.75) is 45.1 Å². The zero-order chi connectivity index (χ0) is 12.8. The van der Waals surface area contributed by atoms with E-state index in [-0.39, 0.29) is 0 Å². The van der Waals surface area contributed by atoms with Crippen LogP contribution in [-0.4, -0.2) is 24.5 Å².